The lowest BCUT2D eigenvalue weighted by atomic mass is 10.2. The van der Waals surface area contributed by atoms with Crippen molar-refractivity contribution in [1.29, 1.82) is 0 Å². The van der Waals surface area contributed by atoms with E-state index in [2.05, 4.69) is 47.8 Å². The summed E-state index contributed by atoms with van der Waals surface area (Å²) >= 11 is 0. The topological polar surface area (TPSA) is 42.7 Å². The minimum atomic E-state index is 0.886. The van der Waals surface area contributed by atoms with E-state index < -0.39 is 0 Å². The van der Waals surface area contributed by atoms with Crippen LogP contribution in [0.3, 0.4) is 0 Å². The molecule has 0 saturated carbocycles. The standard InChI is InChI=1S/C16H24N4/c1-4-7-15-18-8-9-20(15)16-11-13(12-17-6-3)10-14(5-2)19-16/h8-11,17H,4-7,12H2,1-3H3. The fourth-order valence-corrected chi connectivity index (χ4v) is 2.26. The highest BCUT2D eigenvalue weighted by Crippen LogP contribution is 2.14. The zero-order chi connectivity index (χ0) is 14.4. The number of imidazole rings is 1. The maximum atomic E-state index is 4.74. The molecule has 0 fully saturated rings. The Morgan fingerprint density at radius 2 is 2.05 bits per heavy atom. The fourth-order valence-electron chi connectivity index (χ4n) is 2.26. The van der Waals surface area contributed by atoms with E-state index in [0.29, 0.717) is 0 Å². The SMILES string of the molecule is CCCc1nccn1-c1cc(CNCC)cc(CC)n1. The van der Waals surface area contributed by atoms with Crippen LogP contribution in [0.25, 0.3) is 5.82 Å². The molecular formula is C16H24N4. The van der Waals surface area contributed by atoms with E-state index in [1.54, 1.807) is 0 Å². The third-order valence-corrected chi connectivity index (χ3v) is 3.30. The van der Waals surface area contributed by atoms with Crippen molar-refractivity contribution in [2.24, 2.45) is 0 Å². The molecular weight excluding hydrogens is 248 g/mol. The highest BCUT2D eigenvalue weighted by Gasteiger charge is 2.08. The Balaban J connectivity index is 2.36. The van der Waals surface area contributed by atoms with Gasteiger partial charge in [-0.15, -0.1) is 0 Å². The molecule has 0 spiro atoms. The van der Waals surface area contributed by atoms with Gasteiger partial charge in [0.2, 0.25) is 0 Å². The lowest BCUT2D eigenvalue weighted by molar-refractivity contribution is 0.721. The van der Waals surface area contributed by atoms with Crippen molar-refractivity contribution in [2.45, 2.75) is 46.6 Å². The smallest absolute Gasteiger partial charge is 0.138 e. The van der Waals surface area contributed by atoms with Gasteiger partial charge in [-0.2, -0.15) is 0 Å². The van der Waals surface area contributed by atoms with E-state index >= 15 is 0 Å². The first-order valence-electron chi connectivity index (χ1n) is 7.51. The van der Waals surface area contributed by atoms with Gasteiger partial charge in [0.15, 0.2) is 0 Å². The maximum absolute atomic E-state index is 4.74. The second-order valence-corrected chi connectivity index (χ2v) is 4.92. The predicted octanol–water partition coefficient (Wildman–Crippen LogP) is 2.89. The van der Waals surface area contributed by atoms with Crippen molar-refractivity contribution >= 4 is 0 Å². The Labute approximate surface area is 121 Å². The van der Waals surface area contributed by atoms with Crippen LogP contribution in [0.4, 0.5) is 0 Å². The van der Waals surface area contributed by atoms with Gasteiger partial charge in [-0.3, -0.25) is 4.57 Å². The zero-order valence-electron chi connectivity index (χ0n) is 12.7. The molecule has 4 nitrogen and oxygen atoms in total. The van der Waals surface area contributed by atoms with Gasteiger partial charge in [0.1, 0.15) is 11.6 Å². The summed E-state index contributed by atoms with van der Waals surface area (Å²) < 4.78 is 2.11. The number of rotatable bonds is 7. The van der Waals surface area contributed by atoms with Crippen LogP contribution in [0, 0.1) is 0 Å². The summed E-state index contributed by atoms with van der Waals surface area (Å²) in [5.74, 6) is 2.07. The minimum absolute atomic E-state index is 0.886. The average Bonchev–Trinajstić information content (AvgIpc) is 2.93. The van der Waals surface area contributed by atoms with Crippen LogP contribution < -0.4 is 5.32 Å². The van der Waals surface area contributed by atoms with Gasteiger partial charge in [0.25, 0.3) is 0 Å². The fraction of sp³-hybridized carbons (Fsp3) is 0.500. The summed E-state index contributed by atoms with van der Waals surface area (Å²) in [6, 6.07) is 4.34. The first kappa shape index (κ1) is 14.7. The third-order valence-electron chi connectivity index (χ3n) is 3.30. The van der Waals surface area contributed by atoms with Gasteiger partial charge in [-0.05, 0) is 37.1 Å². The number of aryl methyl sites for hydroxylation is 2. The first-order valence-corrected chi connectivity index (χ1v) is 7.51. The molecule has 2 heterocycles. The Kier molecular flexibility index (Phi) is 5.30. The summed E-state index contributed by atoms with van der Waals surface area (Å²) in [4.78, 5) is 9.18. The van der Waals surface area contributed by atoms with Crippen LogP contribution in [0.15, 0.2) is 24.5 Å². The second kappa shape index (κ2) is 7.20. The molecule has 0 saturated heterocycles. The molecule has 2 aromatic rings. The number of aromatic nitrogens is 3. The van der Waals surface area contributed by atoms with Crippen molar-refractivity contribution in [3.63, 3.8) is 0 Å². The summed E-state index contributed by atoms with van der Waals surface area (Å²) in [5, 5.41) is 3.38. The molecule has 0 aromatic carbocycles. The highest BCUT2D eigenvalue weighted by atomic mass is 15.1. The first-order chi connectivity index (χ1) is 9.78. The Morgan fingerprint density at radius 3 is 2.75 bits per heavy atom. The van der Waals surface area contributed by atoms with Gasteiger partial charge < -0.3 is 5.32 Å². The molecule has 0 amide bonds. The lowest BCUT2D eigenvalue weighted by Gasteiger charge is -2.11. The quantitative estimate of drug-likeness (QED) is 0.842. The van der Waals surface area contributed by atoms with E-state index in [1.165, 1.54) is 5.56 Å². The number of hydrogen-bond acceptors (Lipinski definition) is 3. The Morgan fingerprint density at radius 1 is 1.20 bits per heavy atom. The average molecular weight is 272 g/mol. The molecule has 0 unspecified atom stereocenters. The lowest BCUT2D eigenvalue weighted by Crippen LogP contribution is -2.13. The summed E-state index contributed by atoms with van der Waals surface area (Å²) in [6.45, 7) is 8.30. The molecule has 0 aliphatic rings. The number of nitrogens with zero attached hydrogens (tertiary/aromatic N) is 3. The molecule has 20 heavy (non-hydrogen) atoms. The summed E-state index contributed by atoms with van der Waals surface area (Å²) in [7, 11) is 0. The third kappa shape index (κ3) is 3.45. The van der Waals surface area contributed by atoms with Gasteiger partial charge in [-0.1, -0.05) is 20.8 Å². The molecule has 0 atom stereocenters. The number of nitrogens with one attached hydrogen (secondary N) is 1. The molecule has 0 radical (unpaired) electrons. The predicted molar refractivity (Wildman–Crippen MR) is 82.1 cm³/mol. The molecule has 2 rings (SSSR count). The van der Waals surface area contributed by atoms with Crippen LogP contribution in [0.5, 0.6) is 0 Å². The van der Waals surface area contributed by atoms with Gasteiger partial charge >= 0.3 is 0 Å². The van der Waals surface area contributed by atoms with Crippen LogP contribution in [-0.2, 0) is 19.4 Å². The van der Waals surface area contributed by atoms with Crippen molar-refractivity contribution in [3.8, 4) is 5.82 Å². The maximum Gasteiger partial charge on any atom is 0.138 e. The van der Waals surface area contributed by atoms with E-state index in [9.17, 15) is 0 Å². The molecule has 0 aliphatic heterocycles. The van der Waals surface area contributed by atoms with Crippen molar-refractivity contribution in [2.75, 3.05) is 6.54 Å². The largest absolute Gasteiger partial charge is 0.313 e. The molecule has 2 aromatic heterocycles. The molecule has 0 aliphatic carbocycles. The van der Waals surface area contributed by atoms with Gasteiger partial charge in [0, 0.05) is 31.1 Å². The minimum Gasteiger partial charge on any atom is -0.313 e. The normalized spacial score (nSPS) is 10.9. The Bertz CT molecular complexity index is 545. The second-order valence-electron chi connectivity index (χ2n) is 4.92. The Hall–Kier alpha value is -1.68. The van der Waals surface area contributed by atoms with E-state index in [0.717, 1.165) is 49.7 Å². The molecule has 0 bridgehead atoms. The van der Waals surface area contributed by atoms with E-state index in [1.807, 2.05) is 12.4 Å². The van der Waals surface area contributed by atoms with Crippen LogP contribution in [0.1, 0.15) is 44.3 Å². The van der Waals surface area contributed by atoms with E-state index in [4.69, 9.17) is 4.98 Å². The van der Waals surface area contributed by atoms with Gasteiger partial charge in [0.05, 0.1) is 0 Å². The van der Waals surface area contributed by atoms with Crippen LogP contribution in [-0.4, -0.2) is 21.1 Å². The molecule has 4 heteroatoms. The van der Waals surface area contributed by atoms with Gasteiger partial charge in [-0.25, -0.2) is 9.97 Å². The molecule has 108 valence electrons. The number of pyridine rings is 1. The number of hydrogen-bond donors (Lipinski definition) is 1. The summed E-state index contributed by atoms with van der Waals surface area (Å²) in [5.41, 5.74) is 2.41. The van der Waals surface area contributed by atoms with Crippen LogP contribution in [0.2, 0.25) is 0 Å². The van der Waals surface area contributed by atoms with Crippen molar-refractivity contribution < 1.29 is 0 Å². The van der Waals surface area contributed by atoms with Crippen LogP contribution >= 0.6 is 0 Å². The highest BCUT2D eigenvalue weighted by molar-refractivity contribution is 5.32. The van der Waals surface area contributed by atoms with E-state index in [-0.39, 0.29) is 0 Å². The zero-order valence-corrected chi connectivity index (χ0v) is 12.7. The van der Waals surface area contributed by atoms with Crippen molar-refractivity contribution in [1.82, 2.24) is 19.9 Å². The molecule has 1 N–H and O–H groups in total. The van der Waals surface area contributed by atoms with Crippen molar-refractivity contribution in [3.05, 3.63) is 41.6 Å². The monoisotopic (exact) mass is 272 g/mol. The summed E-state index contributed by atoms with van der Waals surface area (Å²) in [6.07, 6.45) is 6.88.